The van der Waals surface area contributed by atoms with E-state index >= 15 is 0 Å². The third kappa shape index (κ3) is 3.50. The van der Waals surface area contributed by atoms with Crippen LogP contribution in [-0.2, 0) is 9.59 Å². The van der Waals surface area contributed by atoms with Crippen LogP contribution in [0.1, 0.15) is 0 Å². The van der Waals surface area contributed by atoms with E-state index in [4.69, 9.17) is 23.2 Å². The first kappa shape index (κ1) is 16.1. The van der Waals surface area contributed by atoms with E-state index in [0.717, 1.165) is 4.90 Å². The van der Waals surface area contributed by atoms with Crippen molar-refractivity contribution in [3.05, 3.63) is 52.5 Å². The number of halogens is 2. The Hall–Kier alpha value is -2.24. The quantitative estimate of drug-likeness (QED) is 0.825. The number of carbonyl (C=O) groups is 2. The fraction of sp³-hybridized carbons (Fsp3) is 0.0667. The second kappa shape index (κ2) is 6.68. The summed E-state index contributed by atoms with van der Waals surface area (Å²) >= 11 is 11.8. The monoisotopic (exact) mass is 338 g/mol. The van der Waals surface area contributed by atoms with Crippen LogP contribution in [0.3, 0.4) is 0 Å². The lowest BCUT2D eigenvalue weighted by molar-refractivity contribution is -0.134. The predicted octanol–water partition coefficient (Wildman–Crippen LogP) is 3.30. The molecule has 0 atom stereocenters. The first-order valence-electron chi connectivity index (χ1n) is 6.22. The molecule has 0 heterocycles. The Morgan fingerprint density at radius 2 is 1.73 bits per heavy atom. The summed E-state index contributed by atoms with van der Waals surface area (Å²) in [5.41, 5.74) is 0.724. The van der Waals surface area contributed by atoms with E-state index in [-0.39, 0.29) is 21.5 Å². The van der Waals surface area contributed by atoms with E-state index in [2.05, 4.69) is 5.32 Å². The molecule has 5 nitrogen and oxygen atoms in total. The largest absolute Gasteiger partial charge is 0.508 e. The molecular weight excluding hydrogens is 327 g/mol. The van der Waals surface area contributed by atoms with Crippen molar-refractivity contribution >= 4 is 46.4 Å². The summed E-state index contributed by atoms with van der Waals surface area (Å²) in [6, 6.07) is 10.6. The van der Waals surface area contributed by atoms with Crippen LogP contribution in [0.2, 0.25) is 10.0 Å². The van der Waals surface area contributed by atoms with Gasteiger partial charge >= 0.3 is 11.8 Å². The molecule has 2 amide bonds. The second-order valence-electron chi connectivity index (χ2n) is 4.44. The van der Waals surface area contributed by atoms with Gasteiger partial charge < -0.3 is 15.3 Å². The summed E-state index contributed by atoms with van der Waals surface area (Å²) in [5.74, 6) is -1.55. The Morgan fingerprint density at radius 1 is 1.09 bits per heavy atom. The highest BCUT2D eigenvalue weighted by Crippen LogP contribution is 2.29. The van der Waals surface area contributed by atoms with Gasteiger partial charge in [-0.15, -0.1) is 0 Å². The topological polar surface area (TPSA) is 69.6 Å². The van der Waals surface area contributed by atoms with Gasteiger partial charge in [-0.05, 0) is 36.4 Å². The molecular formula is C15H12Cl2N2O3. The molecule has 0 aliphatic rings. The zero-order valence-corrected chi connectivity index (χ0v) is 13.0. The molecule has 0 saturated carbocycles. The Balaban J connectivity index is 2.13. The van der Waals surface area contributed by atoms with Crippen molar-refractivity contribution in [3.63, 3.8) is 0 Å². The Bertz CT molecular complexity index is 717. The molecule has 114 valence electrons. The average molecular weight is 339 g/mol. The van der Waals surface area contributed by atoms with Crippen molar-refractivity contribution in [2.75, 3.05) is 17.3 Å². The number of carbonyl (C=O) groups excluding carboxylic acids is 2. The third-order valence-corrected chi connectivity index (χ3v) is 3.75. The number of aromatic hydroxyl groups is 1. The smallest absolute Gasteiger partial charge is 0.316 e. The number of nitrogens with one attached hydrogen (secondary N) is 1. The van der Waals surface area contributed by atoms with Gasteiger partial charge in [-0.1, -0.05) is 29.3 Å². The van der Waals surface area contributed by atoms with E-state index < -0.39 is 11.8 Å². The van der Waals surface area contributed by atoms with Gasteiger partial charge in [0.15, 0.2) is 0 Å². The number of nitrogens with zero attached hydrogens (tertiary/aromatic N) is 1. The summed E-state index contributed by atoms with van der Waals surface area (Å²) in [6.07, 6.45) is 0. The van der Waals surface area contributed by atoms with Gasteiger partial charge in [-0.25, -0.2) is 0 Å². The van der Waals surface area contributed by atoms with Crippen molar-refractivity contribution in [2.24, 2.45) is 0 Å². The molecule has 22 heavy (non-hydrogen) atoms. The Labute approximate surface area is 137 Å². The van der Waals surface area contributed by atoms with Crippen LogP contribution in [0.15, 0.2) is 42.5 Å². The van der Waals surface area contributed by atoms with Crippen LogP contribution in [0.5, 0.6) is 5.75 Å². The lowest BCUT2D eigenvalue weighted by Crippen LogP contribution is -2.37. The third-order valence-electron chi connectivity index (χ3n) is 2.94. The summed E-state index contributed by atoms with van der Waals surface area (Å²) in [4.78, 5) is 25.3. The number of amides is 2. The molecule has 0 radical (unpaired) electrons. The number of anilines is 2. The van der Waals surface area contributed by atoms with Gasteiger partial charge in [-0.3, -0.25) is 9.59 Å². The number of phenolic OH excluding ortho intramolecular Hbond substituents is 1. The molecule has 2 aromatic rings. The molecule has 7 heteroatoms. The Morgan fingerprint density at radius 3 is 2.36 bits per heavy atom. The molecule has 2 N–H and O–H groups in total. The maximum atomic E-state index is 12.1. The van der Waals surface area contributed by atoms with Crippen molar-refractivity contribution in [1.82, 2.24) is 0 Å². The normalized spacial score (nSPS) is 10.1. The van der Waals surface area contributed by atoms with Crippen LogP contribution in [0.4, 0.5) is 11.4 Å². The van der Waals surface area contributed by atoms with E-state index in [1.807, 2.05) is 0 Å². The van der Waals surface area contributed by atoms with Crippen LogP contribution < -0.4 is 10.2 Å². The van der Waals surface area contributed by atoms with Gasteiger partial charge in [0.25, 0.3) is 0 Å². The molecule has 0 fully saturated rings. The zero-order valence-electron chi connectivity index (χ0n) is 11.5. The number of likely N-dealkylation sites (N-methyl/N-ethyl adjacent to an activating group) is 1. The summed E-state index contributed by atoms with van der Waals surface area (Å²) in [7, 11) is 1.45. The minimum atomic E-state index is -0.847. The first-order chi connectivity index (χ1) is 10.4. The number of rotatable bonds is 2. The molecule has 0 bridgehead atoms. The highest BCUT2D eigenvalue weighted by Gasteiger charge is 2.21. The maximum absolute atomic E-state index is 12.1. The van der Waals surface area contributed by atoms with Crippen molar-refractivity contribution in [2.45, 2.75) is 0 Å². The van der Waals surface area contributed by atoms with Crippen LogP contribution in [0, 0.1) is 0 Å². The molecule has 0 aliphatic heterocycles. The minimum Gasteiger partial charge on any atom is -0.508 e. The lowest BCUT2D eigenvalue weighted by Gasteiger charge is -2.17. The summed E-state index contributed by atoms with van der Waals surface area (Å²) in [6.45, 7) is 0. The molecule has 0 spiro atoms. The first-order valence-corrected chi connectivity index (χ1v) is 6.98. The Kier molecular flexibility index (Phi) is 4.90. The van der Waals surface area contributed by atoms with Gasteiger partial charge in [0.2, 0.25) is 0 Å². The predicted molar refractivity (Wildman–Crippen MR) is 86.6 cm³/mol. The van der Waals surface area contributed by atoms with Crippen LogP contribution in [0.25, 0.3) is 0 Å². The standard InChI is InChI=1S/C15H12Cl2N2O3/c1-19(9-5-7-10(20)8-6-9)15(22)14(21)18-12-4-2-3-11(16)13(12)17/h2-8,20H,1H3,(H,18,21). The van der Waals surface area contributed by atoms with Crippen molar-refractivity contribution in [1.29, 1.82) is 0 Å². The SMILES string of the molecule is CN(C(=O)C(=O)Nc1cccc(Cl)c1Cl)c1ccc(O)cc1. The van der Waals surface area contributed by atoms with Crippen molar-refractivity contribution < 1.29 is 14.7 Å². The van der Waals surface area contributed by atoms with Crippen LogP contribution >= 0.6 is 23.2 Å². The fourth-order valence-corrected chi connectivity index (χ4v) is 2.07. The minimum absolute atomic E-state index is 0.0692. The van der Waals surface area contributed by atoms with Gasteiger partial charge in [-0.2, -0.15) is 0 Å². The van der Waals surface area contributed by atoms with E-state index in [1.165, 1.54) is 31.3 Å². The number of hydrogen-bond donors (Lipinski definition) is 2. The number of phenols is 1. The zero-order chi connectivity index (χ0) is 16.3. The number of benzene rings is 2. The molecule has 0 saturated heterocycles. The van der Waals surface area contributed by atoms with Crippen molar-refractivity contribution in [3.8, 4) is 5.75 Å². The highest BCUT2D eigenvalue weighted by atomic mass is 35.5. The molecule has 2 aromatic carbocycles. The lowest BCUT2D eigenvalue weighted by atomic mass is 10.2. The van der Waals surface area contributed by atoms with Gasteiger partial charge in [0, 0.05) is 12.7 Å². The summed E-state index contributed by atoms with van der Waals surface area (Å²) < 4.78 is 0. The fourth-order valence-electron chi connectivity index (χ4n) is 1.72. The van der Waals surface area contributed by atoms with Crippen LogP contribution in [-0.4, -0.2) is 24.0 Å². The highest BCUT2D eigenvalue weighted by molar-refractivity contribution is 6.47. The summed E-state index contributed by atoms with van der Waals surface area (Å²) in [5, 5.41) is 12.1. The van der Waals surface area contributed by atoms with Gasteiger partial charge in [0.05, 0.1) is 15.7 Å². The molecule has 0 aromatic heterocycles. The second-order valence-corrected chi connectivity index (χ2v) is 5.22. The molecule has 2 rings (SSSR count). The van der Waals surface area contributed by atoms with Gasteiger partial charge in [0.1, 0.15) is 5.75 Å². The average Bonchev–Trinajstić information content (AvgIpc) is 2.51. The van der Waals surface area contributed by atoms with E-state index in [1.54, 1.807) is 18.2 Å². The van der Waals surface area contributed by atoms with E-state index in [9.17, 15) is 14.7 Å². The maximum Gasteiger partial charge on any atom is 0.316 e. The molecule has 0 unspecified atom stereocenters. The number of hydrogen-bond acceptors (Lipinski definition) is 3. The van der Waals surface area contributed by atoms with E-state index in [0.29, 0.717) is 5.69 Å². The molecule has 0 aliphatic carbocycles.